The molecule has 0 amide bonds. The minimum absolute atomic E-state index is 0.861. The standard InChI is InChI=1S/C25H22O2/c1-4-21-23-16-20(27-3)14-15-22(23)25(18-10-12-19(26-2)13-11-18)24(21)17-8-6-5-7-9-17/h4-16H,1-3H3/b21-4+. The van der Waals surface area contributed by atoms with Crippen LogP contribution in [0.2, 0.25) is 0 Å². The monoisotopic (exact) mass is 354 g/mol. The smallest absolute Gasteiger partial charge is 0.119 e. The summed E-state index contributed by atoms with van der Waals surface area (Å²) in [5.41, 5.74) is 8.57. The number of benzene rings is 3. The van der Waals surface area contributed by atoms with Crippen LogP contribution in [-0.4, -0.2) is 14.2 Å². The molecule has 3 aromatic carbocycles. The molecule has 0 saturated heterocycles. The quantitative estimate of drug-likeness (QED) is 0.565. The highest BCUT2D eigenvalue weighted by atomic mass is 16.5. The fourth-order valence-electron chi connectivity index (χ4n) is 3.76. The Bertz CT molecular complexity index is 1030. The molecule has 1 aliphatic carbocycles. The van der Waals surface area contributed by atoms with Crippen molar-refractivity contribution >= 4 is 16.7 Å². The van der Waals surface area contributed by atoms with E-state index in [9.17, 15) is 0 Å². The van der Waals surface area contributed by atoms with Crippen molar-refractivity contribution < 1.29 is 9.47 Å². The summed E-state index contributed by atoms with van der Waals surface area (Å²) in [4.78, 5) is 0. The Kier molecular flexibility index (Phi) is 4.55. The minimum Gasteiger partial charge on any atom is -0.497 e. The molecule has 0 radical (unpaired) electrons. The van der Waals surface area contributed by atoms with Gasteiger partial charge in [0.15, 0.2) is 0 Å². The maximum absolute atomic E-state index is 5.48. The summed E-state index contributed by atoms with van der Waals surface area (Å²) < 4.78 is 10.8. The molecule has 0 saturated carbocycles. The second-order valence-corrected chi connectivity index (χ2v) is 6.46. The molecule has 1 aliphatic rings. The highest BCUT2D eigenvalue weighted by Gasteiger charge is 2.28. The van der Waals surface area contributed by atoms with Gasteiger partial charge in [0, 0.05) is 0 Å². The molecule has 27 heavy (non-hydrogen) atoms. The number of fused-ring (bicyclic) bond motifs is 1. The van der Waals surface area contributed by atoms with Gasteiger partial charge in [-0.25, -0.2) is 0 Å². The second-order valence-electron chi connectivity index (χ2n) is 6.46. The van der Waals surface area contributed by atoms with Gasteiger partial charge in [-0.05, 0) is 70.2 Å². The van der Waals surface area contributed by atoms with Gasteiger partial charge in [-0.2, -0.15) is 0 Å². The van der Waals surface area contributed by atoms with Crippen molar-refractivity contribution in [3.8, 4) is 11.5 Å². The van der Waals surface area contributed by atoms with Crippen LogP contribution < -0.4 is 9.47 Å². The van der Waals surface area contributed by atoms with Crippen LogP contribution in [-0.2, 0) is 0 Å². The van der Waals surface area contributed by atoms with Crippen molar-refractivity contribution in [2.24, 2.45) is 0 Å². The summed E-state index contributed by atoms with van der Waals surface area (Å²) in [5.74, 6) is 1.73. The highest BCUT2D eigenvalue weighted by Crippen LogP contribution is 2.50. The third-order valence-corrected chi connectivity index (χ3v) is 5.04. The first-order valence-electron chi connectivity index (χ1n) is 9.06. The molecule has 0 aromatic heterocycles. The molecule has 0 aliphatic heterocycles. The molecule has 4 rings (SSSR count). The molecule has 2 nitrogen and oxygen atoms in total. The molecule has 134 valence electrons. The van der Waals surface area contributed by atoms with Crippen LogP contribution in [0.1, 0.15) is 29.2 Å². The predicted octanol–water partition coefficient (Wildman–Crippen LogP) is 6.08. The molecule has 0 spiro atoms. The zero-order chi connectivity index (χ0) is 18.8. The molecular formula is C25H22O2. The number of allylic oxidation sites excluding steroid dienone is 3. The lowest BCUT2D eigenvalue weighted by Crippen LogP contribution is -1.90. The Hall–Kier alpha value is -3.26. The van der Waals surface area contributed by atoms with E-state index in [1.54, 1.807) is 14.2 Å². The zero-order valence-corrected chi connectivity index (χ0v) is 15.8. The summed E-state index contributed by atoms with van der Waals surface area (Å²) in [6, 6.07) is 25.2. The zero-order valence-electron chi connectivity index (χ0n) is 15.8. The number of ether oxygens (including phenoxy) is 2. The van der Waals surface area contributed by atoms with E-state index in [1.165, 1.54) is 39.0 Å². The van der Waals surface area contributed by atoms with Crippen LogP contribution in [0.5, 0.6) is 11.5 Å². The van der Waals surface area contributed by atoms with Crippen LogP contribution in [0.15, 0.2) is 78.9 Å². The summed E-state index contributed by atoms with van der Waals surface area (Å²) in [7, 11) is 3.40. The fourth-order valence-corrected chi connectivity index (χ4v) is 3.76. The van der Waals surface area contributed by atoms with Crippen LogP contribution >= 0.6 is 0 Å². The second kappa shape index (κ2) is 7.16. The molecule has 0 N–H and O–H groups in total. The first-order chi connectivity index (χ1) is 13.3. The average Bonchev–Trinajstić information content (AvgIpc) is 3.07. The minimum atomic E-state index is 0.861. The van der Waals surface area contributed by atoms with E-state index >= 15 is 0 Å². The number of hydrogen-bond donors (Lipinski definition) is 0. The van der Waals surface area contributed by atoms with Crippen LogP contribution in [0.4, 0.5) is 0 Å². The summed E-state index contributed by atoms with van der Waals surface area (Å²) in [6.45, 7) is 2.10. The Morgan fingerprint density at radius 1 is 0.630 bits per heavy atom. The van der Waals surface area contributed by atoms with Gasteiger partial charge < -0.3 is 9.47 Å². The van der Waals surface area contributed by atoms with Gasteiger partial charge >= 0.3 is 0 Å². The van der Waals surface area contributed by atoms with Gasteiger partial charge in [0.1, 0.15) is 11.5 Å². The molecule has 0 heterocycles. The van der Waals surface area contributed by atoms with Gasteiger partial charge in [0.25, 0.3) is 0 Å². The van der Waals surface area contributed by atoms with E-state index in [-0.39, 0.29) is 0 Å². The third-order valence-electron chi connectivity index (χ3n) is 5.04. The van der Waals surface area contributed by atoms with Crippen molar-refractivity contribution in [2.45, 2.75) is 6.92 Å². The summed E-state index contributed by atoms with van der Waals surface area (Å²) >= 11 is 0. The number of hydrogen-bond acceptors (Lipinski definition) is 2. The SMILES string of the molecule is C/C=C1/C(c2ccccc2)=C(c2ccc(OC)cc2)c2ccc(OC)cc21. The third kappa shape index (κ3) is 2.93. The maximum Gasteiger partial charge on any atom is 0.119 e. The van der Waals surface area contributed by atoms with Gasteiger partial charge in [-0.1, -0.05) is 54.6 Å². The van der Waals surface area contributed by atoms with E-state index in [2.05, 4.69) is 67.6 Å². The molecular weight excluding hydrogens is 332 g/mol. The van der Waals surface area contributed by atoms with Crippen molar-refractivity contribution in [1.29, 1.82) is 0 Å². The van der Waals surface area contributed by atoms with Crippen molar-refractivity contribution in [3.63, 3.8) is 0 Å². The van der Waals surface area contributed by atoms with Gasteiger partial charge in [-0.3, -0.25) is 0 Å². The molecule has 3 aromatic rings. The first kappa shape index (κ1) is 17.2. The Balaban J connectivity index is 2.01. The molecule has 0 atom stereocenters. The average molecular weight is 354 g/mol. The van der Waals surface area contributed by atoms with Gasteiger partial charge in [0.2, 0.25) is 0 Å². The van der Waals surface area contributed by atoms with Crippen molar-refractivity contribution in [3.05, 3.63) is 101 Å². The topological polar surface area (TPSA) is 18.5 Å². The lowest BCUT2D eigenvalue weighted by atomic mass is 9.93. The lowest BCUT2D eigenvalue weighted by molar-refractivity contribution is 0.414. The normalized spacial score (nSPS) is 14.4. The fraction of sp³-hybridized carbons (Fsp3) is 0.120. The van der Waals surface area contributed by atoms with Crippen molar-refractivity contribution in [1.82, 2.24) is 0 Å². The molecule has 2 heteroatoms. The van der Waals surface area contributed by atoms with Gasteiger partial charge in [0.05, 0.1) is 14.2 Å². The van der Waals surface area contributed by atoms with E-state index in [0.717, 1.165) is 11.5 Å². The van der Waals surface area contributed by atoms with Crippen molar-refractivity contribution in [2.75, 3.05) is 14.2 Å². The van der Waals surface area contributed by atoms with E-state index in [1.807, 2.05) is 18.2 Å². The van der Waals surface area contributed by atoms with Crippen LogP contribution in [0, 0.1) is 0 Å². The summed E-state index contributed by atoms with van der Waals surface area (Å²) in [5, 5.41) is 0. The van der Waals surface area contributed by atoms with E-state index in [0.29, 0.717) is 0 Å². The van der Waals surface area contributed by atoms with E-state index < -0.39 is 0 Å². The van der Waals surface area contributed by atoms with E-state index in [4.69, 9.17) is 9.47 Å². The Morgan fingerprint density at radius 2 is 1.26 bits per heavy atom. The lowest BCUT2D eigenvalue weighted by Gasteiger charge is -2.11. The molecule has 0 unspecified atom stereocenters. The number of rotatable bonds is 4. The Morgan fingerprint density at radius 3 is 1.89 bits per heavy atom. The Labute approximate surface area is 160 Å². The first-order valence-corrected chi connectivity index (χ1v) is 9.06. The summed E-state index contributed by atoms with van der Waals surface area (Å²) in [6.07, 6.45) is 2.19. The van der Waals surface area contributed by atoms with Crippen LogP contribution in [0.25, 0.3) is 16.7 Å². The van der Waals surface area contributed by atoms with Crippen LogP contribution in [0.3, 0.4) is 0 Å². The van der Waals surface area contributed by atoms with Gasteiger partial charge in [-0.15, -0.1) is 0 Å². The predicted molar refractivity (Wildman–Crippen MR) is 112 cm³/mol. The molecule has 0 bridgehead atoms. The highest BCUT2D eigenvalue weighted by molar-refractivity contribution is 6.24. The number of methoxy groups -OCH3 is 2. The largest absolute Gasteiger partial charge is 0.497 e. The molecule has 0 fully saturated rings. The maximum atomic E-state index is 5.48.